The number of cyclic esters (lactones) is 1. The number of fused-ring (bicyclic) bond motifs is 5. The largest absolute Gasteiger partial charge is 0.545 e. The van der Waals surface area contributed by atoms with Gasteiger partial charge in [-0.25, -0.2) is 0 Å². The van der Waals surface area contributed by atoms with Gasteiger partial charge in [0.1, 0.15) is 11.9 Å². The van der Waals surface area contributed by atoms with Crippen LogP contribution in [-0.2, 0) is 18.7 Å². The molecule has 3 aliphatic rings. The van der Waals surface area contributed by atoms with E-state index in [1.54, 1.807) is 0 Å². The first-order valence-corrected chi connectivity index (χ1v) is 9.84. The van der Waals surface area contributed by atoms with Crippen LogP contribution in [0.3, 0.4) is 0 Å². The first kappa shape index (κ1) is 13.2. The van der Waals surface area contributed by atoms with E-state index in [1.165, 1.54) is 0 Å². The van der Waals surface area contributed by atoms with Crippen molar-refractivity contribution >= 4 is 14.3 Å². The van der Waals surface area contributed by atoms with Crippen LogP contribution in [-0.4, -0.2) is 33.1 Å². The van der Waals surface area contributed by atoms with E-state index >= 15 is 0 Å². The summed E-state index contributed by atoms with van der Waals surface area (Å²) < 4.78 is 17.4. The molecule has 0 saturated carbocycles. The van der Waals surface area contributed by atoms with E-state index < -0.39 is 8.32 Å². The summed E-state index contributed by atoms with van der Waals surface area (Å²) in [7, 11) is -1.84. The minimum atomic E-state index is -1.84. The fraction of sp³-hybridized carbons (Fsp3) is 0.786. The van der Waals surface area contributed by atoms with E-state index in [0.29, 0.717) is 6.61 Å². The molecule has 3 heterocycles. The summed E-state index contributed by atoms with van der Waals surface area (Å²) in [5, 5.41) is 0.164. The van der Waals surface area contributed by atoms with Crippen molar-refractivity contribution in [2.24, 2.45) is 11.8 Å². The van der Waals surface area contributed by atoms with Crippen molar-refractivity contribution in [1.82, 2.24) is 0 Å². The number of carbonyl (C=O) groups is 1. The minimum absolute atomic E-state index is 0.0735. The highest BCUT2D eigenvalue weighted by molar-refractivity contribution is 6.74. The normalized spacial score (nSPS) is 37.1. The molecule has 0 N–H and O–H groups in total. The standard InChI is InChI=1S/C14H22O4Si/c1-14(2,3)19(4,5)18-10-6-9-11-8(12(10)17-9)7-16-13(11)15/h6,8-9,11-12H,7H2,1-5H3. The lowest BCUT2D eigenvalue weighted by atomic mass is 9.85. The topological polar surface area (TPSA) is 44.8 Å². The third kappa shape index (κ3) is 1.86. The molecule has 4 nitrogen and oxygen atoms in total. The second kappa shape index (κ2) is 3.85. The third-order valence-corrected chi connectivity index (χ3v) is 9.34. The zero-order chi connectivity index (χ0) is 14.0. The zero-order valence-corrected chi connectivity index (χ0v) is 13.2. The monoisotopic (exact) mass is 282 g/mol. The predicted octanol–water partition coefficient (Wildman–Crippen LogP) is 2.46. The molecule has 0 radical (unpaired) electrons. The quantitative estimate of drug-likeness (QED) is 0.576. The Kier molecular flexibility index (Phi) is 2.67. The Bertz CT molecular complexity index is 449. The van der Waals surface area contributed by atoms with Crippen molar-refractivity contribution in [3.05, 3.63) is 11.8 Å². The van der Waals surface area contributed by atoms with Crippen molar-refractivity contribution in [2.45, 2.75) is 51.1 Å². The van der Waals surface area contributed by atoms with Crippen LogP contribution in [0.15, 0.2) is 11.8 Å². The Hall–Kier alpha value is -0.813. The summed E-state index contributed by atoms with van der Waals surface area (Å²) in [5.74, 6) is 0.885. The van der Waals surface area contributed by atoms with E-state index in [1.807, 2.05) is 6.08 Å². The van der Waals surface area contributed by atoms with Gasteiger partial charge in [0.15, 0.2) is 0 Å². The SMILES string of the molecule is CC(C)(C)[Si](C)(C)OC1=CC2OC1C1COC(=O)C21. The van der Waals surface area contributed by atoms with E-state index in [0.717, 1.165) is 5.76 Å². The molecule has 0 amide bonds. The van der Waals surface area contributed by atoms with Gasteiger partial charge in [-0.2, -0.15) is 0 Å². The Morgan fingerprint density at radius 3 is 2.68 bits per heavy atom. The number of hydrogen-bond acceptors (Lipinski definition) is 4. The van der Waals surface area contributed by atoms with E-state index in [-0.39, 0.29) is 35.1 Å². The molecule has 0 aromatic rings. The van der Waals surface area contributed by atoms with Gasteiger partial charge >= 0.3 is 5.97 Å². The lowest BCUT2D eigenvalue weighted by Crippen LogP contribution is -2.42. The average Bonchev–Trinajstić information content (AvgIpc) is 2.88. The molecule has 0 aliphatic carbocycles. The van der Waals surface area contributed by atoms with Gasteiger partial charge in [-0.15, -0.1) is 0 Å². The average molecular weight is 282 g/mol. The van der Waals surface area contributed by atoms with Crippen LogP contribution in [0.4, 0.5) is 0 Å². The molecule has 2 bridgehead atoms. The number of carbonyl (C=O) groups excluding carboxylic acids is 1. The Labute approximate surface area is 115 Å². The highest BCUT2D eigenvalue weighted by atomic mass is 28.4. The maximum Gasteiger partial charge on any atom is 0.312 e. The van der Waals surface area contributed by atoms with E-state index in [9.17, 15) is 4.79 Å². The molecule has 2 fully saturated rings. The summed E-state index contributed by atoms with van der Waals surface area (Å²) in [6, 6.07) is 0. The maximum atomic E-state index is 11.6. The van der Waals surface area contributed by atoms with E-state index in [2.05, 4.69) is 33.9 Å². The fourth-order valence-corrected chi connectivity index (χ4v) is 3.86. The Morgan fingerprint density at radius 1 is 1.37 bits per heavy atom. The molecule has 2 saturated heterocycles. The van der Waals surface area contributed by atoms with Crippen LogP contribution >= 0.6 is 0 Å². The molecular formula is C14H22O4Si. The lowest BCUT2D eigenvalue weighted by Gasteiger charge is -2.38. The molecule has 0 aromatic carbocycles. The Balaban J connectivity index is 1.79. The second-order valence-electron chi connectivity index (χ2n) is 7.27. The maximum absolute atomic E-state index is 11.6. The summed E-state index contributed by atoms with van der Waals surface area (Å²) in [4.78, 5) is 11.6. The van der Waals surface area contributed by atoms with Crippen LogP contribution in [0.5, 0.6) is 0 Å². The highest BCUT2D eigenvalue weighted by Crippen LogP contribution is 2.49. The Morgan fingerprint density at radius 2 is 2.05 bits per heavy atom. The van der Waals surface area contributed by atoms with Gasteiger partial charge in [0.05, 0.1) is 18.6 Å². The van der Waals surface area contributed by atoms with Gasteiger partial charge in [0, 0.05) is 5.92 Å². The van der Waals surface area contributed by atoms with Gasteiger partial charge in [0.2, 0.25) is 8.32 Å². The molecule has 106 valence electrons. The number of rotatable bonds is 2. The highest BCUT2D eigenvalue weighted by Gasteiger charge is 2.59. The molecule has 0 spiro atoms. The van der Waals surface area contributed by atoms with Crippen molar-refractivity contribution in [3.8, 4) is 0 Å². The first-order chi connectivity index (χ1) is 8.71. The van der Waals surface area contributed by atoms with Crippen molar-refractivity contribution < 1.29 is 18.7 Å². The van der Waals surface area contributed by atoms with Crippen LogP contribution < -0.4 is 0 Å². The number of esters is 1. The van der Waals surface area contributed by atoms with Crippen LogP contribution in [0.1, 0.15) is 20.8 Å². The molecule has 4 atom stereocenters. The van der Waals surface area contributed by atoms with Crippen molar-refractivity contribution in [1.29, 1.82) is 0 Å². The molecule has 19 heavy (non-hydrogen) atoms. The molecule has 0 aromatic heterocycles. The van der Waals surface area contributed by atoms with Crippen LogP contribution in [0, 0.1) is 11.8 Å². The molecule has 3 aliphatic heterocycles. The van der Waals surface area contributed by atoms with Crippen molar-refractivity contribution in [2.75, 3.05) is 6.61 Å². The number of hydrogen-bond donors (Lipinski definition) is 0. The summed E-state index contributed by atoms with van der Waals surface area (Å²) in [6.45, 7) is 11.6. The second-order valence-corrected chi connectivity index (χ2v) is 12.0. The van der Waals surface area contributed by atoms with E-state index in [4.69, 9.17) is 13.9 Å². The summed E-state index contributed by atoms with van der Waals surface area (Å²) in [6.07, 6.45) is 1.79. The smallest absolute Gasteiger partial charge is 0.312 e. The summed E-state index contributed by atoms with van der Waals surface area (Å²) >= 11 is 0. The summed E-state index contributed by atoms with van der Waals surface area (Å²) in [5.41, 5.74) is 0. The van der Waals surface area contributed by atoms with Crippen LogP contribution in [0.25, 0.3) is 0 Å². The molecular weight excluding hydrogens is 260 g/mol. The minimum Gasteiger partial charge on any atom is -0.545 e. The lowest BCUT2D eigenvalue weighted by molar-refractivity contribution is -0.143. The first-order valence-electron chi connectivity index (χ1n) is 6.93. The molecule has 5 heteroatoms. The third-order valence-electron chi connectivity index (χ3n) is 4.99. The van der Waals surface area contributed by atoms with Crippen LogP contribution in [0.2, 0.25) is 18.1 Å². The van der Waals surface area contributed by atoms with Crippen molar-refractivity contribution in [3.63, 3.8) is 0 Å². The van der Waals surface area contributed by atoms with Gasteiger partial charge in [0.25, 0.3) is 0 Å². The zero-order valence-electron chi connectivity index (χ0n) is 12.2. The van der Waals surface area contributed by atoms with Gasteiger partial charge < -0.3 is 13.9 Å². The molecule has 4 unspecified atom stereocenters. The predicted molar refractivity (Wildman–Crippen MR) is 73.0 cm³/mol. The number of ether oxygens (including phenoxy) is 2. The fourth-order valence-electron chi connectivity index (χ4n) is 2.78. The van der Waals surface area contributed by atoms with Gasteiger partial charge in [-0.3, -0.25) is 4.79 Å². The molecule has 3 rings (SSSR count). The van der Waals surface area contributed by atoms with Gasteiger partial charge in [-0.05, 0) is 24.2 Å². The van der Waals surface area contributed by atoms with Gasteiger partial charge in [-0.1, -0.05) is 20.8 Å².